The number of fused-ring (bicyclic) bond motifs is 7. The first-order chi connectivity index (χ1) is 25.3. The highest BCUT2D eigenvalue weighted by atomic mass is 16.3. The number of hydrogen-bond acceptors (Lipinski definition) is 5. The van der Waals surface area contributed by atoms with Crippen molar-refractivity contribution in [1.29, 1.82) is 0 Å². The van der Waals surface area contributed by atoms with Crippen LogP contribution in [0.2, 0.25) is 0 Å². The van der Waals surface area contributed by atoms with Gasteiger partial charge < -0.3 is 35.4 Å². The van der Waals surface area contributed by atoms with Crippen molar-refractivity contribution in [3.63, 3.8) is 0 Å². The number of allylic oxidation sites excluding steroid dienone is 1. The van der Waals surface area contributed by atoms with E-state index in [2.05, 4.69) is 15.0 Å². The van der Waals surface area contributed by atoms with Gasteiger partial charge in [0, 0.05) is 50.3 Å². The van der Waals surface area contributed by atoms with E-state index in [0.717, 1.165) is 78.3 Å². The van der Waals surface area contributed by atoms with Gasteiger partial charge in [0.25, 0.3) is 0 Å². The summed E-state index contributed by atoms with van der Waals surface area (Å²) in [7, 11) is 0. The van der Waals surface area contributed by atoms with Crippen LogP contribution in [0.3, 0.4) is 0 Å². The number of nitrogens with one attached hydrogen (secondary N) is 3. The number of phenols is 4. The monoisotopic (exact) mass is 682 g/mol. The molecule has 0 saturated heterocycles. The van der Waals surface area contributed by atoms with Gasteiger partial charge in [0.2, 0.25) is 0 Å². The Labute approximate surface area is 298 Å². The van der Waals surface area contributed by atoms with Crippen molar-refractivity contribution in [2.75, 3.05) is 0 Å². The lowest BCUT2D eigenvalue weighted by atomic mass is 9.67. The summed E-state index contributed by atoms with van der Waals surface area (Å²) in [4.78, 5) is 16.5. The summed E-state index contributed by atoms with van der Waals surface area (Å²) in [6.45, 7) is 0. The molecule has 0 spiro atoms. The van der Waals surface area contributed by atoms with Crippen LogP contribution in [0.15, 0.2) is 144 Å². The number of nitrogens with zero attached hydrogens (tertiary/aromatic N) is 1. The van der Waals surface area contributed by atoms with Crippen LogP contribution in [0.25, 0.3) is 17.2 Å². The van der Waals surface area contributed by atoms with Crippen molar-refractivity contribution in [2.45, 2.75) is 18.3 Å². The molecule has 9 rings (SSSR count). The fourth-order valence-corrected chi connectivity index (χ4v) is 7.88. The number of hydrogen-bond donors (Lipinski definition) is 7. The first kappa shape index (κ1) is 31.1. The van der Waals surface area contributed by atoms with Crippen LogP contribution in [-0.4, -0.2) is 41.1 Å². The number of aromatic hydroxyl groups is 4. The van der Waals surface area contributed by atoms with Gasteiger partial charge in [-0.15, -0.1) is 0 Å². The lowest BCUT2D eigenvalue weighted by Crippen LogP contribution is -2.38. The lowest BCUT2D eigenvalue weighted by Gasteiger charge is -2.35. The van der Waals surface area contributed by atoms with Crippen molar-refractivity contribution < 1.29 is 20.4 Å². The normalized spacial score (nSPS) is 18.1. The Morgan fingerprint density at radius 3 is 1.75 bits per heavy atom. The second-order valence-electron chi connectivity index (χ2n) is 13.3. The number of rotatable bonds is 4. The van der Waals surface area contributed by atoms with E-state index >= 15 is 0 Å². The maximum atomic E-state index is 10.9. The quantitative estimate of drug-likeness (QED) is 0.108. The van der Waals surface area contributed by atoms with Gasteiger partial charge >= 0.3 is 0 Å². The van der Waals surface area contributed by atoms with Crippen LogP contribution in [0.4, 0.5) is 0 Å². The highest BCUT2D eigenvalue weighted by Gasteiger charge is 2.45. The highest BCUT2D eigenvalue weighted by Crippen LogP contribution is 2.47. The first-order valence-electron chi connectivity index (χ1n) is 17.1. The van der Waals surface area contributed by atoms with Crippen LogP contribution in [0.1, 0.15) is 57.9 Å². The molecule has 7 N–H and O–H groups in total. The van der Waals surface area contributed by atoms with Crippen molar-refractivity contribution in [2.24, 2.45) is 4.99 Å². The van der Waals surface area contributed by atoms with Crippen molar-refractivity contribution in [3.05, 3.63) is 195 Å². The zero-order valence-electron chi connectivity index (χ0n) is 27.9. The fraction of sp³-hybridized carbons (Fsp3) is 0.0682. The second kappa shape index (κ2) is 12.1. The SMILES string of the molecule is Oc1cccc(/C2=C3\CCC(=N3)C(c3cccc(O)c3)(c3cccc(O)c3)c3ccc([nH]3)/C=c3/cc/c([nH]3)=C(\c3cccc(O)c3)c3ccc2[nH]3)c1. The Kier molecular flexibility index (Phi) is 7.25. The predicted molar refractivity (Wildman–Crippen MR) is 202 cm³/mol. The molecule has 0 fully saturated rings. The molecule has 7 aromatic rings. The van der Waals surface area contributed by atoms with Crippen LogP contribution in [0, 0.1) is 0 Å². The maximum Gasteiger partial charge on any atom is 0.116 e. The molecule has 254 valence electrons. The molecule has 0 aliphatic carbocycles. The van der Waals surface area contributed by atoms with Gasteiger partial charge in [0.15, 0.2) is 0 Å². The molecule has 5 heterocycles. The van der Waals surface area contributed by atoms with Gasteiger partial charge in [-0.25, -0.2) is 0 Å². The van der Waals surface area contributed by atoms with Crippen molar-refractivity contribution in [1.82, 2.24) is 15.0 Å². The summed E-state index contributed by atoms with van der Waals surface area (Å²) in [5, 5.41) is 44.6. The average molecular weight is 683 g/mol. The van der Waals surface area contributed by atoms with Gasteiger partial charge in [-0.2, -0.15) is 0 Å². The van der Waals surface area contributed by atoms with Gasteiger partial charge in [-0.1, -0.05) is 48.5 Å². The van der Waals surface area contributed by atoms with Gasteiger partial charge in [-0.3, -0.25) is 4.99 Å². The summed E-state index contributed by atoms with van der Waals surface area (Å²) in [5.41, 5.74) is 8.88. The highest BCUT2D eigenvalue weighted by molar-refractivity contribution is 6.05. The van der Waals surface area contributed by atoms with Crippen molar-refractivity contribution in [3.8, 4) is 23.0 Å². The predicted octanol–water partition coefficient (Wildman–Crippen LogP) is 6.91. The topological polar surface area (TPSA) is 141 Å². The van der Waals surface area contributed by atoms with E-state index in [-0.39, 0.29) is 23.0 Å². The van der Waals surface area contributed by atoms with Crippen LogP contribution < -0.4 is 10.7 Å². The number of aromatic nitrogens is 3. The molecule has 0 amide bonds. The smallest absolute Gasteiger partial charge is 0.116 e. The second-order valence-corrected chi connectivity index (χ2v) is 13.3. The van der Waals surface area contributed by atoms with E-state index in [1.165, 1.54) is 0 Å². The average Bonchev–Trinajstić information content (AvgIpc) is 3.96. The zero-order chi connectivity index (χ0) is 35.4. The third kappa shape index (κ3) is 5.20. The number of benzene rings is 4. The number of aliphatic imine (C=N–C) groups is 1. The molecule has 0 unspecified atom stereocenters. The number of phenolic OH excluding ortho intramolecular Hbond substituents is 4. The van der Waals surface area contributed by atoms with E-state index < -0.39 is 5.41 Å². The van der Waals surface area contributed by atoms with E-state index in [0.29, 0.717) is 12.8 Å². The lowest BCUT2D eigenvalue weighted by molar-refractivity contribution is 0.472. The maximum absolute atomic E-state index is 10.9. The Hall–Kier alpha value is -6.93. The molecule has 4 aromatic carbocycles. The molecule has 8 heteroatoms. The van der Waals surface area contributed by atoms with Crippen LogP contribution in [-0.2, 0) is 5.41 Å². The van der Waals surface area contributed by atoms with E-state index in [1.807, 2.05) is 91.0 Å². The van der Waals surface area contributed by atoms with Crippen LogP contribution >= 0.6 is 0 Å². The molecular weight excluding hydrogens is 649 g/mol. The minimum atomic E-state index is -1.02. The number of H-pyrrole nitrogens is 3. The molecule has 8 nitrogen and oxygen atoms in total. The summed E-state index contributed by atoms with van der Waals surface area (Å²) >= 11 is 0. The minimum absolute atomic E-state index is 0.119. The third-order valence-electron chi connectivity index (χ3n) is 10.0. The minimum Gasteiger partial charge on any atom is -0.508 e. The standard InChI is InChI=1S/C44H34N4O4/c49-32-9-1-5-26(21-32)42-36-15-13-30(45-36)25-31-14-19-40(46-31)44(28-7-3-11-34(51)23-28,29-8-4-12-35(52)24-29)41-20-18-39(48-41)43(38-17-16-37(42)47-38)27-6-2-10-33(50)22-27/h1-17,19,21-25,45-47,49-52H,18,20H2/b30-25-,42-36-,43-39-. The Morgan fingerprint density at radius 1 is 0.519 bits per heavy atom. The Bertz CT molecular complexity index is 2660. The zero-order valence-corrected chi connectivity index (χ0v) is 27.9. The fourth-order valence-electron chi connectivity index (χ4n) is 7.88. The molecular formula is C44H34N4O4. The molecule has 8 bridgehead atoms. The Balaban J connectivity index is 1.42. The molecule has 3 aromatic heterocycles. The Morgan fingerprint density at radius 2 is 1.12 bits per heavy atom. The molecule has 2 aliphatic heterocycles. The van der Waals surface area contributed by atoms with Crippen LogP contribution in [0.5, 0.6) is 23.0 Å². The molecule has 0 atom stereocenters. The molecule has 0 radical (unpaired) electrons. The van der Waals surface area contributed by atoms with Gasteiger partial charge in [-0.05, 0) is 126 Å². The summed E-state index contributed by atoms with van der Waals surface area (Å²) in [6, 6.07) is 41.0. The third-order valence-corrected chi connectivity index (χ3v) is 10.0. The van der Waals surface area contributed by atoms with E-state index in [9.17, 15) is 20.4 Å². The molecule has 52 heavy (non-hydrogen) atoms. The molecule has 0 saturated carbocycles. The van der Waals surface area contributed by atoms with Crippen molar-refractivity contribution >= 4 is 22.9 Å². The largest absolute Gasteiger partial charge is 0.508 e. The first-order valence-corrected chi connectivity index (χ1v) is 17.1. The molecule has 2 aliphatic rings. The number of aromatic amines is 3. The summed E-state index contributed by atoms with van der Waals surface area (Å²) in [6.07, 6.45) is 3.21. The van der Waals surface area contributed by atoms with Gasteiger partial charge in [0.1, 0.15) is 23.0 Å². The van der Waals surface area contributed by atoms with Gasteiger partial charge in [0.05, 0.1) is 11.1 Å². The van der Waals surface area contributed by atoms with E-state index in [4.69, 9.17) is 4.99 Å². The summed E-state index contributed by atoms with van der Waals surface area (Å²) in [5.74, 6) is 0.545. The summed E-state index contributed by atoms with van der Waals surface area (Å²) < 4.78 is 0. The van der Waals surface area contributed by atoms with E-state index in [1.54, 1.807) is 48.5 Å².